The first-order chi connectivity index (χ1) is 8.09. The zero-order valence-electron chi connectivity index (χ0n) is 10.4. The Morgan fingerprint density at radius 3 is 2.65 bits per heavy atom. The Kier molecular flexibility index (Phi) is 3.43. The minimum atomic E-state index is -0.391. The third kappa shape index (κ3) is 2.06. The average Bonchev–Trinajstić information content (AvgIpc) is 2.51. The van der Waals surface area contributed by atoms with E-state index in [2.05, 4.69) is 6.07 Å². The number of hydrogen-bond donors (Lipinski definition) is 0. The van der Waals surface area contributed by atoms with Crippen molar-refractivity contribution in [3.63, 3.8) is 0 Å². The van der Waals surface area contributed by atoms with Crippen molar-refractivity contribution in [1.29, 1.82) is 0 Å². The highest BCUT2D eigenvalue weighted by atomic mass is 35.5. The summed E-state index contributed by atoms with van der Waals surface area (Å²) in [6.07, 6.45) is 1.91. The van der Waals surface area contributed by atoms with Crippen LogP contribution in [0.25, 0.3) is 0 Å². The maximum atomic E-state index is 12.4. The molecule has 3 heteroatoms. The molecule has 0 bridgehead atoms. The number of carbonyl (C=O) groups is 1. The van der Waals surface area contributed by atoms with Gasteiger partial charge < -0.3 is 4.90 Å². The summed E-state index contributed by atoms with van der Waals surface area (Å²) in [4.78, 5) is 14.3. The van der Waals surface area contributed by atoms with Gasteiger partial charge in [0.2, 0.25) is 5.91 Å². The van der Waals surface area contributed by atoms with Crippen molar-refractivity contribution in [3.05, 3.63) is 29.8 Å². The second-order valence-corrected chi connectivity index (χ2v) is 5.37. The summed E-state index contributed by atoms with van der Waals surface area (Å²) in [6, 6.07) is 8.07. The Labute approximate surface area is 108 Å². The van der Waals surface area contributed by atoms with Gasteiger partial charge >= 0.3 is 0 Å². The lowest BCUT2D eigenvalue weighted by atomic mass is 9.86. The van der Waals surface area contributed by atoms with Crippen LogP contribution in [0.5, 0.6) is 0 Å². The van der Waals surface area contributed by atoms with E-state index in [1.165, 1.54) is 0 Å². The Hall–Kier alpha value is -1.02. The quantitative estimate of drug-likeness (QED) is 0.594. The molecule has 0 atom stereocenters. The molecule has 1 aliphatic heterocycles. The topological polar surface area (TPSA) is 20.3 Å². The first kappa shape index (κ1) is 12.4. The summed E-state index contributed by atoms with van der Waals surface area (Å²) < 4.78 is 0. The van der Waals surface area contributed by atoms with Gasteiger partial charge in [0, 0.05) is 18.1 Å². The average molecular weight is 252 g/mol. The largest absolute Gasteiger partial charge is 0.311 e. The van der Waals surface area contributed by atoms with Gasteiger partial charge in [0.15, 0.2) is 0 Å². The van der Waals surface area contributed by atoms with Crippen molar-refractivity contribution in [2.75, 3.05) is 17.3 Å². The molecule has 1 amide bonds. The van der Waals surface area contributed by atoms with Gasteiger partial charge in [0.05, 0.1) is 5.41 Å². The SMILES string of the molecule is CC1(C)C(=O)N(CCCCCl)c2ccccc21. The second-order valence-electron chi connectivity index (χ2n) is 5.00. The predicted molar refractivity (Wildman–Crippen MR) is 71.8 cm³/mol. The highest BCUT2D eigenvalue weighted by Crippen LogP contribution is 2.41. The van der Waals surface area contributed by atoms with E-state index in [0.29, 0.717) is 5.88 Å². The lowest BCUT2D eigenvalue weighted by molar-refractivity contribution is -0.122. The number of unbranched alkanes of at least 4 members (excludes halogenated alkanes) is 1. The summed E-state index contributed by atoms with van der Waals surface area (Å²) in [6.45, 7) is 4.76. The standard InChI is InChI=1S/C14H18ClNO/c1-14(2)11-7-3-4-8-12(11)16(13(14)17)10-6-5-9-15/h3-4,7-8H,5-6,9-10H2,1-2H3. The number of benzene rings is 1. The molecule has 0 saturated heterocycles. The molecular formula is C14H18ClNO. The van der Waals surface area contributed by atoms with E-state index in [0.717, 1.165) is 30.6 Å². The van der Waals surface area contributed by atoms with Crippen molar-refractivity contribution in [2.45, 2.75) is 32.1 Å². The van der Waals surface area contributed by atoms with Crippen molar-refractivity contribution in [2.24, 2.45) is 0 Å². The molecule has 0 saturated carbocycles. The first-order valence-electron chi connectivity index (χ1n) is 6.06. The van der Waals surface area contributed by atoms with Gasteiger partial charge in [-0.2, -0.15) is 0 Å². The van der Waals surface area contributed by atoms with E-state index in [-0.39, 0.29) is 5.91 Å². The van der Waals surface area contributed by atoms with Gasteiger partial charge in [-0.1, -0.05) is 18.2 Å². The van der Waals surface area contributed by atoms with Crippen molar-refractivity contribution >= 4 is 23.2 Å². The van der Waals surface area contributed by atoms with Crippen LogP contribution in [0.1, 0.15) is 32.3 Å². The predicted octanol–water partition coefficient (Wildman–Crippen LogP) is 3.33. The highest BCUT2D eigenvalue weighted by Gasteiger charge is 2.42. The normalized spacial score (nSPS) is 17.4. The van der Waals surface area contributed by atoms with Crippen LogP contribution in [0.3, 0.4) is 0 Å². The van der Waals surface area contributed by atoms with Crippen molar-refractivity contribution in [1.82, 2.24) is 0 Å². The van der Waals surface area contributed by atoms with Crippen LogP contribution in [0.15, 0.2) is 24.3 Å². The Balaban J connectivity index is 2.27. The number of para-hydroxylation sites is 1. The first-order valence-corrected chi connectivity index (χ1v) is 6.60. The van der Waals surface area contributed by atoms with E-state index in [1.54, 1.807) is 0 Å². The molecule has 0 aliphatic carbocycles. The van der Waals surface area contributed by atoms with Crippen LogP contribution in [0.4, 0.5) is 5.69 Å². The molecule has 1 aliphatic rings. The number of carbonyl (C=O) groups excluding carboxylic acids is 1. The molecule has 2 rings (SSSR count). The fraction of sp³-hybridized carbons (Fsp3) is 0.500. The summed E-state index contributed by atoms with van der Waals surface area (Å²) in [5, 5.41) is 0. The fourth-order valence-electron chi connectivity index (χ4n) is 2.39. The highest BCUT2D eigenvalue weighted by molar-refractivity contribution is 6.17. The number of halogens is 1. The smallest absolute Gasteiger partial charge is 0.237 e. The number of hydrogen-bond acceptors (Lipinski definition) is 1. The molecule has 92 valence electrons. The maximum absolute atomic E-state index is 12.4. The minimum Gasteiger partial charge on any atom is -0.311 e. The molecule has 0 aromatic heterocycles. The van der Waals surface area contributed by atoms with Gasteiger partial charge in [0.1, 0.15) is 0 Å². The van der Waals surface area contributed by atoms with Crippen LogP contribution in [0.2, 0.25) is 0 Å². The zero-order chi connectivity index (χ0) is 12.5. The summed E-state index contributed by atoms with van der Waals surface area (Å²) >= 11 is 5.68. The molecule has 1 aromatic carbocycles. The van der Waals surface area contributed by atoms with E-state index >= 15 is 0 Å². The third-order valence-electron chi connectivity index (χ3n) is 3.41. The van der Waals surface area contributed by atoms with Crippen LogP contribution >= 0.6 is 11.6 Å². The number of nitrogens with zero attached hydrogens (tertiary/aromatic N) is 1. The van der Waals surface area contributed by atoms with E-state index < -0.39 is 5.41 Å². The summed E-state index contributed by atoms with van der Waals surface area (Å²) in [5.41, 5.74) is 1.81. The molecule has 0 unspecified atom stereocenters. The molecule has 0 N–H and O–H groups in total. The summed E-state index contributed by atoms with van der Waals surface area (Å²) in [5.74, 6) is 0.862. The van der Waals surface area contributed by atoms with Gasteiger partial charge in [0.25, 0.3) is 0 Å². The Morgan fingerprint density at radius 2 is 1.94 bits per heavy atom. The molecule has 1 aromatic rings. The Bertz CT molecular complexity index is 428. The summed E-state index contributed by atoms with van der Waals surface area (Å²) in [7, 11) is 0. The van der Waals surface area contributed by atoms with Gasteiger partial charge in [-0.15, -0.1) is 11.6 Å². The van der Waals surface area contributed by atoms with Crippen LogP contribution in [-0.4, -0.2) is 18.3 Å². The van der Waals surface area contributed by atoms with Gasteiger partial charge in [-0.25, -0.2) is 0 Å². The lowest BCUT2D eigenvalue weighted by Gasteiger charge is -2.20. The van der Waals surface area contributed by atoms with Crippen molar-refractivity contribution < 1.29 is 4.79 Å². The number of rotatable bonds is 4. The van der Waals surface area contributed by atoms with Crippen LogP contribution in [0, 0.1) is 0 Å². The van der Waals surface area contributed by atoms with Gasteiger partial charge in [-0.3, -0.25) is 4.79 Å². The number of fused-ring (bicyclic) bond motifs is 1. The monoisotopic (exact) mass is 251 g/mol. The van der Waals surface area contributed by atoms with E-state index in [4.69, 9.17) is 11.6 Å². The zero-order valence-corrected chi connectivity index (χ0v) is 11.1. The molecular weight excluding hydrogens is 234 g/mol. The lowest BCUT2D eigenvalue weighted by Crippen LogP contribution is -2.36. The Morgan fingerprint density at radius 1 is 1.24 bits per heavy atom. The van der Waals surface area contributed by atoms with Crippen LogP contribution < -0.4 is 4.90 Å². The molecule has 1 heterocycles. The number of amides is 1. The van der Waals surface area contributed by atoms with E-state index in [9.17, 15) is 4.79 Å². The molecule has 0 spiro atoms. The fourth-order valence-corrected chi connectivity index (χ4v) is 2.57. The molecule has 0 radical (unpaired) electrons. The molecule has 2 nitrogen and oxygen atoms in total. The number of anilines is 1. The maximum Gasteiger partial charge on any atom is 0.237 e. The second kappa shape index (κ2) is 4.69. The van der Waals surface area contributed by atoms with Crippen LogP contribution in [-0.2, 0) is 10.2 Å². The van der Waals surface area contributed by atoms with Gasteiger partial charge in [-0.05, 0) is 38.3 Å². The van der Waals surface area contributed by atoms with E-state index in [1.807, 2.05) is 36.9 Å². The number of alkyl halides is 1. The minimum absolute atomic E-state index is 0.202. The third-order valence-corrected chi connectivity index (χ3v) is 3.68. The molecule has 0 fully saturated rings. The van der Waals surface area contributed by atoms with Crippen molar-refractivity contribution in [3.8, 4) is 0 Å². The molecule has 17 heavy (non-hydrogen) atoms.